The molecule has 0 radical (unpaired) electrons. The third-order valence-corrected chi connectivity index (χ3v) is 6.95. The minimum atomic E-state index is 0. The number of hydrogen-bond donors (Lipinski definition) is 1. The lowest BCUT2D eigenvalue weighted by Crippen LogP contribution is -2.42. The average molecular weight is 542 g/mol. The van der Waals surface area contributed by atoms with Crippen LogP contribution in [0.25, 0.3) is 0 Å². The van der Waals surface area contributed by atoms with Crippen molar-refractivity contribution in [2.75, 3.05) is 71.0 Å². The van der Waals surface area contributed by atoms with E-state index in [-0.39, 0.29) is 24.0 Å². The highest BCUT2D eigenvalue weighted by atomic mass is 127. The van der Waals surface area contributed by atoms with Gasteiger partial charge in [-0.2, -0.15) is 0 Å². The van der Waals surface area contributed by atoms with Gasteiger partial charge in [-0.1, -0.05) is 19.1 Å². The van der Waals surface area contributed by atoms with Crippen LogP contribution in [0.15, 0.2) is 29.3 Å². The number of morpholine rings is 1. The second-order valence-corrected chi connectivity index (χ2v) is 9.25. The molecule has 3 heterocycles. The number of nitrogens with one attached hydrogen (secondary N) is 1. The van der Waals surface area contributed by atoms with Gasteiger partial charge in [-0.05, 0) is 48.8 Å². The monoisotopic (exact) mass is 541 g/mol. The van der Waals surface area contributed by atoms with E-state index in [1.54, 1.807) is 0 Å². The number of hydrogen-bond acceptors (Lipinski definition) is 4. The van der Waals surface area contributed by atoms with Crippen molar-refractivity contribution in [3.8, 4) is 0 Å². The van der Waals surface area contributed by atoms with E-state index in [9.17, 15) is 0 Å². The molecule has 4 rings (SSSR count). The molecule has 3 aliphatic heterocycles. The first-order valence-electron chi connectivity index (χ1n) is 11.8. The van der Waals surface area contributed by atoms with Crippen LogP contribution in [0.2, 0.25) is 0 Å². The van der Waals surface area contributed by atoms with Crippen LogP contribution in [-0.2, 0) is 11.3 Å². The summed E-state index contributed by atoms with van der Waals surface area (Å²) >= 11 is 0. The van der Waals surface area contributed by atoms with Crippen molar-refractivity contribution < 1.29 is 4.74 Å². The van der Waals surface area contributed by atoms with Crippen molar-refractivity contribution in [3.05, 3.63) is 29.8 Å². The minimum Gasteiger partial charge on any atom is -0.379 e. The molecule has 3 aliphatic rings. The van der Waals surface area contributed by atoms with Crippen LogP contribution >= 0.6 is 24.0 Å². The summed E-state index contributed by atoms with van der Waals surface area (Å²) in [6, 6.07) is 9.09. The third-order valence-electron chi connectivity index (χ3n) is 6.95. The molecule has 6 nitrogen and oxygen atoms in total. The molecule has 174 valence electrons. The normalized spacial score (nSPS) is 23.7. The molecule has 1 aromatic carbocycles. The van der Waals surface area contributed by atoms with Crippen molar-refractivity contribution in [1.29, 1.82) is 0 Å². The van der Waals surface area contributed by atoms with Crippen molar-refractivity contribution >= 4 is 35.6 Å². The van der Waals surface area contributed by atoms with Crippen LogP contribution in [0, 0.1) is 11.8 Å². The molecule has 3 saturated heterocycles. The van der Waals surface area contributed by atoms with E-state index in [0.29, 0.717) is 0 Å². The fraction of sp³-hybridized carbons (Fsp3) is 0.708. The van der Waals surface area contributed by atoms with Crippen molar-refractivity contribution in [2.45, 2.75) is 32.7 Å². The van der Waals surface area contributed by atoms with Gasteiger partial charge in [0.2, 0.25) is 0 Å². The summed E-state index contributed by atoms with van der Waals surface area (Å²) in [4.78, 5) is 12.1. The van der Waals surface area contributed by atoms with Gasteiger partial charge in [0.1, 0.15) is 0 Å². The summed E-state index contributed by atoms with van der Waals surface area (Å²) in [5.74, 6) is 2.64. The second-order valence-electron chi connectivity index (χ2n) is 9.25. The maximum absolute atomic E-state index is 5.48. The van der Waals surface area contributed by atoms with Crippen molar-refractivity contribution in [1.82, 2.24) is 15.1 Å². The number of benzene rings is 1. The van der Waals surface area contributed by atoms with E-state index < -0.39 is 0 Å². The summed E-state index contributed by atoms with van der Waals surface area (Å²) in [7, 11) is 1.90. The molecule has 1 N–H and O–H groups in total. The number of nitrogens with zero attached hydrogens (tertiary/aromatic N) is 4. The number of likely N-dealkylation sites (tertiary alicyclic amines) is 1. The molecule has 0 aromatic heterocycles. The molecular weight excluding hydrogens is 501 g/mol. The second kappa shape index (κ2) is 12.3. The summed E-state index contributed by atoms with van der Waals surface area (Å²) in [6.45, 7) is 12.9. The molecule has 3 fully saturated rings. The Hall–Kier alpha value is -1.06. The zero-order chi connectivity index (χ0) is 20.8. The molecular formula is C24H40IN5O. The van der Waals surface area contributed by atoms with Gasteiger partial charge in [0.05, 0.1) is 13.2 Å². The van der Waals surface area contributed by atoms with Crippen LogP contribution in [0.5, 0.6) is 0 Å². The Kier molecular flexibility index (Phi) is 9.72. The number of ether oxygens (including phenoxy) is 1. The number of aliphatic imine (C=N–C) groups is 1. The SMILES string of the molecule is CN=C(NCc1ccc(N2CCC(C)CC2)cc1)N1CCC(CN2CCOCC2)C1.I. The topological polar surface area (TPSA) is 43.3 Å². The van der Waals surface area contributed by atoms with Gasteiger partial charge in [0.15, 0.2) is 5.96 Å². The fourth-order valence-electron chi connectivity index (χ4n) is 4.93. The maximum Gasteiger partial charge on any atom is 0.193 e. The molecule has 1 aromatic rings. The standard InChI is InChI=1S/C24H39N5O.HI/c1-20-7-10-28(11-8-20)23-5-3-21(4-6-23)17-26-24(25-2)29-12-9-22(19-29)18-27-13-15-30-16-14-27;/h3-6,20,22H,7-19H2,1-2H3,(H,25,26);1H. The highest BCUT2D eigenvalue weighted by molar-refractivity contribution is 14.0. The van der Waals surface area contributed by atoms with Gasteiger partial charge in [-0.15, -0.1) is 24.0 Å². The minimum absolute atomic E-state index is 0. The highest BCUT2D eigenvalue weighted by Gasteiger charge is 2.27. The number of rotatable bonds is 5. The van der Waals surface area contributed by atoms with Gasteiger partial charge in [-0.25, -0.2) is 0 Å². The van der Waals surface area contributed by atoms with E-state index in [1.807, 2.05) is 7.05 Å². The lowest BCUT2D eigenvalue weighted by Gasteiger charge is -2.32. The highest BCUT2D eigenvalue weighted by Crippen LogP contribution is 2.23. The quantitative estimate of drug-likeness (QED) is 0.352. The predicted octanol–water partition coefficient (Wildman–Crippen LogP) is 3.27. The van der Waals surface area contributed by atoms with E-state index >= 15 is 0 Å². The first-order valence-corrected chi connectivity index (χ1v) is 11.8. The number of halogens is 1. The Morgan fingerprint density at radius 3 is 2.42 bits per heavy atom. The number of anilines is 1. The lowest BCUT2D eigenvalue weighted by atomic mass is 9.99. The molecule has 0 aliphatic carbocycles. The third kappa shape index (κ3) is 6.96. The summed E-state index contributed by atoms with van der Waals surface area (Å²) in [5, 5.41) is 3.59. The Bertz CT molecular complexity index is 684. The maximum atomic E-state index is 5.48. The van der Waals surface area contributed by atoms with Crippen LogP contribution in [-0.4, -0.2) is 81.8 Å². The molecule has 0 bridgehead atoms. The molecule has 1 atom stereocenters. The van der Waals surface area contributed by atoms with Gasteiger partial charge < -0.3 is 19.9 Å². The Morgan fingerprint density at radius 1 is 1.03 bits per heavy atom. The Morgan fingerprint density at radius 2 is 1.74 bits per heavy atom. The van der Waals surface area contributed by atoms with E-state index in [0.717, 1.165) is 63.7 Å². The zero-order valence-corrected chi connectivity index (χ0v) is 21.6. The van der Waals surface area contributed by atoms with Gasteiger partial charge >= 0.3 is 0 Å². The number of guanidine groups is 1. The summed E-state index contributed by atoms with van der Waals surface area (Å²) in [5.41, 5.74) is 2.68. The lowest BCUT2D eigenvalue weighted by molar-refractivity contribution is 0.0315. The van der Waals surface area contributed by atoms with Crippen molar-refractivity contribution in [3.63, 3.8) is 0 Å². The van der Waals surface area contributed by atoms with E-state index in [4.69, 9.17) is 4.74 Å². The smallest absolute Gasteiger partial charge is 0.193 e. The zero-order valence-electron chi connectivity index (χ0n) is 19.3. The Balaban J connectivity index is 0.00000272. The van der Waals surface area contributed by atoms with E-state index in [1.165, 1.54) is 50.1 Å². The summed E-state index contributed by atoms with van der Waals surface area (Å²) < 4.78 is 5.48. The molecule has 0 amide bonds. The largest absolute Gasteiger partial charge is 0.379 e. The van der Waals surface area contributed by atoms with E-state index in [2.05, 4.69) is 56.2 Å². The van der Waals surface area contributed by atoms with Gasteiger partial charge in [-0.3, -0.25) is 9.89 Å². The first-order chi connectivity index (χ1) is 14.7. The predicted molar refractivity (Wildman–Crippen MR) is 140 cm³/mol. The molecule has 7 heteroatoms. The summed E-state index contributed by atoms with van der Waals surface area (Å²) in [6.07, 6.45) is 3.87. The van der Waals surface area contributed by atoms with Crippen LogP contribution in [0.3, 0.4) is 0 Å². The fourth-order valence-corrected chi connectivity index (χ4v) is 4.93. The Labute approximate surface area is 205 Å². The average Bonchev–Trinajstić information content (AvgIpc) is 3.24. The molecule has 0 spiro atoms. The van der Waals surface area contributed by atoms with Crippen LogP contribution < -0.4 is 10.2 Å². The van der Waals surface area contributed by atoms with Crippen molar-refractivity contribution in [2.24, 2.45) is 16.8 Å². The number of piperidine rings is 1. The van der Waals surface area contributed by atoms with Crippen LogP contribution in [0.4, 0.5) is 5.69 Å². The van der Waals surface area contributed by atoms with Crippen LogP contribution in [0.1, 0.15) is 31.7 Å². The van der Waals surface area contributed by atoms with Gasteiger partial charge in [0, 0.05) is 65.1 Å². The molecule has 31 heavy (non-hydrogen) atoms. The molecule has 0 saturated carbocycles. The van der Waals surface area contributed by atoms with Gasteiger partial charge in [0.25, 0.3) is 0 Å². The molecule has 1 unspecified atom stereocenters. The first kappa shape index (κ1) is 24.6.